The summed E-state index contributed by atoms with van der Waals surface area (Å²) in [4.78, 5) is 8.48. The van der Waals surface area contributed by atoms with Crippen LogP contribution in [0.15, 0.2) is 48.2 Å². The van der Waals surface area contributed by atoms with Crippen LogP contribution in [0.1, 0.15) is 40.7 Å². The SMILES string of the molecule is CCCc1cc(/C=C/c2ccncc2)c2n[nH]c(Cc3nccs3)c2c1. The third kappa shape index (κ3) is 3.58. The number of rotatable bonds is 6. The normalized spacial score (nSPS) is 11.6. The molecule has 0 radical (unpaired) electrons. The molecule has 0 aliphatic carbocycles. The molecular weight excluding hydrogens is 340 g/mol. The lowest BCUT2D eigenvalue weighted by Crippen LogP contribution is -1.90. The van der Waals surface area contributed by atoms with E-state index in [1.54, 1.807) is 11.3 Å². The van der Waals surface area contributed by atoms with Crippen LogP contribution < -0.4 is 0 Å². The molecule has 0 unspecified atom stereocenters. The molecule has 4 aromatic rings. The predicted octanol–water partition coefficient (Wildman–Crippen LogP) is 5.13. The Morgan fingerprint density at radius 3 is 2.77 bits per heavy atom. The minimum Gasteiger partial charge on any atom is -0.281 e. The van der Waals surface area contributed by atoms with E-state index in [0.29, 0.717) is 0 Å². The van der Waals surface area contributed by atoms with Crippen LogP contribution in [-0.4, -0.2) is 20.2 Å². The van der Waals surface area contributed by atoms with Crippen LogP contribution in [0.2, 0.25) is 0 Å². The maximum absolute atomic E-state index is 4.60. The topological polar surface area (TPSA) is 54.5 Å². The van der Waals surface area contributed by atoms with E-state index in [-0.39, 0.29) is 0 Å². The fourth-order valence-corrected chi connectivity index (χ4v) is 3.73. The number of benzene rings is 1. The van der Waals surface area contributed by atoms with E-state index in [1.165, 1.54) is 10.9 Å². The second-order valence-electron chi connectivity index (χ2n) is 6.25. The minimum atomic E-state index is 0.789. The van der Waals surface area contributed by atoms with Crippen LogP contribution >= 0.6 is 11.3 Å². The average molecular weight is 360 g/mol. The van der Waals surface area contributed by atoms with Crippen molar-refractivity contribution in [3.05, 3.63) is 75.6 Å². The number of hydrogen-bond donors (Lipinski definition) is 1. The van der Waals surface area contributed by atoms with E-state index < -0.39 is 0 Å². The highest BCUT2D eigenvalue weighted by Gasteiger charge is 2.12. The van der Waals surface area contributed by atoms with Gasteiger partial charge in [0.25, 0.3) is 0 Å². The van der Waals surface area contributed by atoms with Gasteiger partial charge in [-0.3, -0.25) is 10.1 Å². The lowest BCUT2D eigenvalue weighted by atomic mass is 10.0. The Morgan fingerprint density at radius 2 is 2.00 bits per heavy atom. The molecule has 3 aromatic heterocycles. The molecule has 0 bridgehead atoms. The second kappa shape index (κ2) is 7.62. The number of hydrogen-bond acceptors (Lipinski definition) is 4. The van der Waals surface area contributed by atoms with Gasteiger partial charge < -0.3 is 0 Å². The molecule has 1 aromatic carbocycles. The fourth-order valence-electron chi connectivity index (χ4n) is 3.10. The first kappa shape index (κ1) is 16.7. The third-order valence-corrected chi connectivity index (χ3v) is 5.12. The molecule has 0 aliphatic rings. The summed E-state index contributed by atoms with van der Waals surface area (Å²) in [5, 5.41) is 12.1. The summed E-state index contributed by atoms with van der Waals surface area (Å²) < 4.78 is 0. The van der Waals surface area contributed by atoms with Crippen molar-refractivity contribution in [3.8, 4) is 0 Å². The van der Waals surface area contributed by atoms with Crippen molar-refractivity contribution in [2.45, 2.75) is 26.2 Å². The number of aromatic amines is 1. The molecular formula is C21H20N4S. The van der Waals surface area contributed by atoms with Gasteiger partial charge in [-0.2, -0.15) is 5.10 Å². The number of H-pyrrole nitrogens is 1. The number of pyridine rings is 1. The lowest BCUT2D eigenvalue weighted by Gasteiger charge is -2.04. The van der Waals surface area contributed by atoms with Gasteiger partial charge in [0.1, 0.15) is 0 Å². The van der Waals surface area contributed by atoms with Crippen LogP contribution in [0.5, 0.6) is 0 Å². The Labute approximate surface area is 156 Å². The number of nitrogens with one attached hydrogen (secondary N) is 1. The first-order valence-corrected chi connectivity index (χ1v) is 9.68. The summed E-state index contributed by atoms with van der Waals surface area (Å²) >= 11 is 1.68. The molecule has 130 valence electrons. The third-order valence-electron chi connectivity index (χ3n) is 4.34. The van der Waals surface area contributed by atoms with Gasteiger partial charge in [-0.1, -0.05) is 25.5 Å². The van der Waals surface area contributed by atoms with Crippen molar-refractivity contribution >= 4 is 34.4 Å². The van der Waals surface area contributed by atoms with Gasteiger partial charge in [0.05, 0.1) is 10.5 Å². The summed E-state index contributed by atoms with van der Waals surface area (Å²) in [6.45, 7) is 2.21. The summed E-state index contributed by atoms with van der Waals surface area (Å²) in [5.74, 6) is 0. The second-order valence-corrected chi connectivity index (χ2v) is 7.23. The van der Waals surface area contributed by atoms with E-state index >= 15 is 0 Å². The van der Waals surface area contributed by atoms with Crippen LogP contribution in [0, 0.1) is 0 Å². The molecule has 26 heavy (non-hydrogen) atoms. The minimum absolute atomic E-state index is 0.789. The summed E-state index contributed by atoms with van der Waals surface area (Å²) in [6, 6.07) is 8.52. The molecule has 0 spiro atoms. The Morgan fingerprint density at radius 1 is 1.12 bits per heavy atom. The van der Waals surface area contributed by atoms with Crippen molar-refractivity contribution in [1.29, 1.82) is 0 Å². The molecule has 0 fully saturated rings. The number of thiazole rings is 1. The van der Waals surface area contributed by atoms with E-state index in [0.717, 1.165) is 46.6 Å². The highest BCUT2D eigenvalue weighted by atomic mass is 32.1. The number of fused-ring (bicyclic) bond motifs is 1. The van der Waals surface area contributed by atoms with Crippen LogP contribution in [0.3, 0.4) is 0 Å². The lowest BCUT2D eigenvalue weighted by molar-refractivity contribution is 0.923. The van der Waals surface area contributed by atoms with Gasteiger partial charge in [0.15, 0.2) is 0 Å². The Balaban J connectivity index is 1.76. The van der Waals surface area contributed by atoms with Crippen molar-refractivity contribution in [2.75, 3.05) is 0 Å². The maximum atomic E-state index is 4.60. The van der Waals surface area contributed by atoms with Crippen LogP contribution in [0.4, 0.5) is 0 Å². The highest BCUT2D eigenvalue weighted by molar-refractivity contribution is 7.09. The smallest absolute Gasteiger partial charge is 0.0996 e. The van der Waals surface area contributed by atoms with Gasteiger partial charge in [-0.05, 0) is 41.8 Å². The van der Waals surface area contributed by atoms with Gasteiger partial charge >= 0.3 is 0 Å². The Bertz CT molecular complexity index is 1020. The van der Waals surface area contributed by atoms with Crippen molar-refractivity contribution < 1.29 is 0 Å². The monoisotopic (exact) mass is 360 g/mol. The van der Waals surface area contributed by atoms with E-state index in [4.69, 9.17) is 0 Å². The molecule has 0 amide bonds. The van der Waals surface area contributed by atoms with Crippen LogP contribution in [-0.2, 0) is 12.8 Å². The van der Waals surface area contributed by atoms with Gasteiger partial charge in [0.2, 0.25) is 0 Å². The molecule has 0 saturated carbocycles. The Kier molecular flexibility index (Phi) is 4.88. The number of aromatic nitrogens is 4. The average Bonchev–Trinajstić information content (AvgIpc) is 3.32. The molecule has 4 nitrogen and oxygen atoms in total. The maximum Gasteiger partial charge on any atom is 0.0996 e. The van der Waals surface area contributed by atoms with E-state index in [1.807, 2.05) is 36.1 Å². The quantitative estimate of drug-likeness (QED) is 0.519. The van der Waals surface area contributed by atoms with Gasteiger partial charge in [0, 0.05) is 47.0 Å². The molecule has 0 saturated heterocycles. The summed E-state index contributed by atoms with van der Waals surface area (Å²) in [5.41, 5.74) is 5.77. The predicted molar refractivity (Wildman–Crippen MR) is 108 cm³/mol. The van der Waals surface area contributed by atoms with Crippen molar-refractivity contribution in [3.63, 3.8) is 0 Å². The first-order valence-electron chi connectivity index (χ1n) is 8.80. The van der Waals surface area contributed by atoms with Crippen molar-refractivity contribution in [1.82, 2.24) is 20.2 Å². The largest absolute Gasteiger partial charge is 0.281 e. The standard InChI is InChI=1S/C21H20N4S/c1-2-3-16-12-17(5-4-15-6-8-22-9-7-15)21-18(13-16)19(24-25-21)14-20-23-10-11-26-20/h4-13H,2-3,14H2,1H3,(H,24,25)/b5-4+. The molecule has 3 heterocycles. The Hall–Kier alpha value is -2.79. The van der Waals surface area contributed by atoms with E-state index in [9.17, 15) is 0 Å². The molecule has 0 atom stereocenters. The summed E-state index contributed by atoms with van der Waals surface area (Å²) in [6.07, 6.45) is 12.7. The molecule has 0 aliphatic heterocycles. The number of nitrogens with zero attached hydrogens (tertiary/aromatic N) is 3. The molecule has 5 heteroatoms. The molecule has 4 rings (SSSR count). The summed E-state index contributed by atoms with van der Waals surface area (Å²) in [7, 11) is 0. The zero-order valence-electron chi connectivity index (χ0n) is 14.6. The van der Waals surface area contributed by atoms with Gasteiger partial charge in [-0.15, -0.1) is 11.3 Å². The zero-order valence-corrected chi connectivity index (χ0v) is 15.5. The number of aryl methyl sites for hydroxylation is 1. The highest BCUT2D eigenvalue weighted by Crippen LogP contribution is 2.26. The molecule has 1 N–H and O–H groups in total. The van der Waals surface area contributed by atoms with Crippen LogP contribution in [0.25, 0.3) is 23.1 Å². The zero-order chi connectivity index (χ0) is 17.8. The van der Waals surface area contributed by atoms with E-state index in [2.05, 4.69) is 51.4 Å². The van der Waals surface area contributed by atoms with Gasteiger partial charge in [-0.25, -0.2) is 4.98 Å². The first-order chi connectivity index (χ1) is 12.8. The van der Waals surface area contributed by atoms with Crippen molar-refractivity contribution in [2.24, 2.45) is 0 Å². The fraction of sp³-hybridized carbons (Fsp3) is 0.190.